The Morgan fingerprint density at radius 2 is 2.21 bits per heavy atom. The first kappa shape index (κ1) is 10.6. The smallest absolute Gasteiger partial charge is 0.539 e. The van der Waals surface area contributed by atoms with Crippen LogP contribution < -0.4 is 14.2 Å². The number of methoxy groups -OCH3 is 1. The van der Waals surface area contributed by atoms with E-state index < -0.39 is 8.25 Å². The molecule has 0 radical (unpaired) electrons. The van der Waals surface area contributed by atoms with E-state index in [4.69, 9.17) is 4.74 Å². The van der Waals surface area contributed by atoms with Gasteiger partial charge in [-0.1, -0.05) is 6.07 Å². The van der Waals surface area contributed by atoms with Gasteiger partial charge in [0.1, 0.15) is 0 Å². The van der Waals surface area contributed by atoms with Gasteiger partial charge in [0.2, 0.25) is 5.75 Å². The average Bonchev–Trinajstić information content (AvgIpc) is 2.17. The molecule has 0 aliphatic rings. The van der Waals surface area contributed by atoms with Crippen molar-refractivity contribution in [2.24, 2.45) is 0 Å². The largest absolute Gasteiger partial charge is 0.558 e. The van der Waals surface area contributed by atoms with E-state index in [1.54, 1.807) is 6.07 Å². The van der Waals surface area contributed by atoms with Crippen molar-refractivity contribution in [1.82, 2.24) is 0 Å². The van der Waals surface area contributed by atoms with Crippen LogP contribution in [-0.4, -0.2) is 13.4 Å². The highest BCUT2D eigenvalue weighted by atomic mass is 31.1. The normalized spacial score (nSPS) is 10.6. The van der Waals surface area contributed by atoms with Crippen LogP contribution in [0.2, 0.25) is 0 Å². The minimum atomic E-state index is -3.06. The summed E-state index contributed by atoms with van der Waals surface area (Å²) in [6.45, 7) is 0. The zero-order valence-corrected chi connectivity index (χ0v) is 8.19. The molecule has 0 spiro atoms. The fourth-order valence-corrected chi connectivity index (χ4v) is 1.30. The molecule has 0 aliphatic heterocycles. The van der Waals surface area contributed by atoms with E-state index in [1.165, 1.54) is 19.2 Å². The Kier molecular flexibility index (Phi) is 3.56. The summed E-state index contributed by atoms with van der Waals surface area (Å²) in [6, 6.07) is 4.50. The SMILES string of the molecule is COc1cccc(C=O)c1O[P+](=O)[O-]. The van der Waals surface area contributed by atoms with Crippen molar-refractivity contribution in [3.05, 3.63) is 23.8 Å². The first-order chi connectivity index (χ1) is 6.69. The lowest BCUT2D eigenvalue weighted by Gasteiger charge is -2.04. The number of benzene rings is 1. The molecular weight excluding hydrogens is 207 g/mol. The van der Waals surface area contributed by atoms with Crippen molar-refractivity contribution >= 4 is 14.5 Å². The second kappa shape index (κ2) is 4.69. The number of carbonyl (C=O) groups excluding carboxylic acids is 1. The van der Waals surface area contributed by atoms with Crippen molar-refractivity contribution in [2.75, 3.05) is 7.11 Å². The van der Waals surface area contributed by atoms with Crippen molar-refractivity contribution in [2.45, 2.75) is 0 Å². The quantitative estimate of drug-likeness (QED) is 0.549. The van der Waals surface area contributed by atoms with Crippen molar-refractivity contribution in [3.63, 3.8) is 0 Å². The van der Waals surface area contributed by atoms with Crippen LogP contribution in [0.25, 0.3) is 0 Å². The number of hydrogen-bond acceptors (Lipinski definition) is 5. The van der Waals surface area contributed by atoms with E-state index in [-0.39, 0.29) is 17.1 Å². The summed E-state index contributed by atoms with van der Waals surface area (Å²) in [7, 11) is -1.70. The molecule has 74 valence electrons. The molecule has 1 rings (SSSR count). The van der Waals surface area contributed by atoms with E-state index in [9.17, 15) is 14.3 Å². The maximum atomic E-state index is 10.5. The molecule has 14 heavy (non-hydrogen) atoms. The lowest BCUT2D eigenvalue weighted by Crippen LogP contribution is -1.98. The Morgan fingerprint density at radius 3 is 2.71 bits per heavy atom. The topological polar surface area (TPSA) is 75.7 Å². The van der Waals surface area contributed by atoms with Crippen LogP contribution in [0.3, 0.4) is 0 Å². The van der Waals surface area contributed by atoms with E-state index in [0.717, 1.165) is 0 Å². The molecule has 0 saturated heterocycles. The van der Waals surface area contributed by atoms with Gasteiger partial charge in [-0.25, -0.2) is 0 Å². The summed E-state index contributed by atoms with van der Waals surface area (Å²) < 4.78 is 19.6. The third kappa shape index (κ3) is 2.28. The first-order valence-corrected chi connectivity index (χ1v) is 4.73. The molecule has 1 unspecified atom stereocenters. The summed E-state index contributed by atoms with van der Waals surface area (Å²) in [5.41, 5.74) is 0.128. The van der Waals surface area contributed by atoms with Crippen molar-refractivity contribution < 1.29 is 23.5 Å². The molecule has 0 amide bonds. The van der Waals surface area contributed by atoms with Gasteiger partial charge in [0.25, 0.3) is 0 Å². The van der Waals surface area contributed by atoms with Gasteiger partial charge in [-0.05, 0) is 16.7 Å². The Hall–Kier alpha value is -1.45. The monoisotopic (exact) mass is 214 g/mol. The highest BCUT2D eigenvalue weighted by molar-refractivity contribution is 7.31. The third-order valence-electron chi connectivity index (χ3n) is 1.52. The van der Waals surface area contributed by atoms with Gasteiger partial charge in [-0.15, -0.1) is 0 Å². The molecule has 0 bridgehead atoms. The van der Waals surface area contributed by atoms with Crippen LogP contribution >= 0.6 is 8.25 Å². The van der Waals surface area contributed by atoms with E-state index in [2.05, 4.69) is 4.52 Å². The second-order valence-corrected chi connectivity index (χ2v) is 2.94. The number of ether oxygens (including phenoxy) is 1. The van der Waals surface area contributed by atoms with Gasteiger partial charge < -0.3 is 9.63 Å². The summed E-state index contributed by atoms with van der Waals surface area (Å²) in [5.74, 6) is 0.120. The van der Waals surface area contributed by atoms with E-state index in [0.29, 0.717) is 6.29 Å². The van der Waals surface area contributed by atoms with Gasteiger partial charge >= 0.3 is 8.25 Å². The van der Waals surface area contributed by atoms with Crippen LogP contribution in [-0.2, 0) is 4.57 Å². The van der Waals surface area contributed by atoms with Crippen LogP contribution in [0.4, 0.5) is 0 Å². The molecule has 1 atom stereocenters. The summed E-state index contributed by atoms with van der Waals surface area (Å²) in [6.07, 6.45) is 0.497. The standard InChI is InChI=1S/C8H7O5P/c1-12-7-4-2-3-6(5-9)8(7)13-14(10)11/h2-5H,1H3. The molecular formula is C8H7O5P. The predicted molar refractivity (Wildman–Crippen MR) is 46.6 cm³/mol. The summed E-state index contributed by atoms with van der Waals surface area (Å²) >= 11 is 0. The summed E-state index contributed by atoms with van der Waals surface area (Å²) in [5, 5.41) is 0. The highest BCUT2D eigenvalue weighted by Crippen LogP contribution is 2.34. The minimum Gasteiger partial charge on any atom is -0.558 e. The zero-order valence-electron chi connectivity index (χ0n) is 7.30. The van der Waals surface area contributed by atoms with E-state index in [1.807, 2.05) is 0 Å². The Morgan fingerprint density at radius 1 is 1.50 bits per heavy atom. The van der Waals surface area contributed by atoms with Crippen molar-refractivity contribution in [1.29, 1.82) is 0 Å². The molecule has 0 fully saturated rings. The van der Waals surface area contributed by atoms with Crippen LogP contribution in [0.15, 0.2) is 18.2 Å². The number of carbonyl (C=O) groups is 1. The maximum Gasteiger partial charge on any atom is 0.539 e. The Labute approximate surface area is 81.2 Å². The van der Waals surface area contributed by atoms with Gasteiger partial charge in [0, 0.05) is 0 Å². The molecule has 1 aromatic carbocycles. The fourth-order valence-electron chi connectivity index (χ4n) is 0.959. The number of aldehydes is 1. The predicted octanol–water partition coefficient (Wildman–Crippen LogP) is 0.904. The van der Waals surface area contributed by atoms with E-state index >= 15 is 0 Å². The Balaban J connectivity index is 3.18. The number of para-hydroxylation sites is 1. The molecule has 0 saturated carbocycles. The molecule has 5 nitrogen and oxygen atoms in total. The molecule has 0 N–H and O–H groups in total. The molecule has 0 aromatic heterocycles. The summed E-state index contributed by atoms with van der Waals surface area (Å²) in [4.78, 5) is 20.9. The number of hydrogen-bond donors (Lipinski definition) is 0. The van der Waals surface area contributed by atoms with Crippen molar-refractivity contribution in [3.8, 4) is 11.5 Å². The molecule has 6 heteroatoms. The average molecular weight is 214 g/mol. The highest BCUT2D eigenvalue weighted by Gasteiger charge is 2.16. The second-order valence-electron chi connectivity index (χ2n) is 2.31. The Bertz CT molecular complexity index is 363. The van der Waals surface area contributed by atoms with Gasteiger partial charge in [-0.2, -0.15) is 0 Å². The van der Waals surface area contributed by atoms with Crippen LogP contribution in [0.1, 0.15) is 10.4 Å². The minimum absolute atomic E-state index is 0.0823. The molecule has 0 aliphatic carbocycles. The van der Waals surface area contributed by atoms with Gasteiger partial charge in [-0.3, -0.25) is 9.32 Å². The van der Waals surface area contributed by atoms with Gasteiger partial charge in [0.05, 0.1) is 12.7 Å². The third-order valence-corrected chi connectivity index (χ3v) is 1.85. The number of rotatable bonds is 4. The van der Waals surface area contributed by atoms with Crippen LogP contribution in [0.5, 0.6) is 11.5 Å². The first-order valence-electron chi connectivity index (χ1n) is 3.63. The lowest BCUT2D eigenvalue weighted by molar-refractivity contribution is -0.178. The maximum absolute atomic E-state index is 10.5. The van der Waals surface area contributed by atoms with Gasteiger partial charge in [0.15, 0.2) is 12.0 Å². The zero-order chi connectivity index (χ0) is 10.6. The lowest BCUT2D eigenvalue weighted by atomic mass is 10.2. The molecule has 1 aromatic rings. The van der Waals surface area contributed by atoms with Crippen LogP contribution in [0, 0.1) is 0 Å². The fraction of sp³-hybridized carbons (Fsp3) is 0.125. The molecule has 0 heterocycles.